The van der Waals surface area contributed by atoms with Gasteiger partial charge in [0.2, 0.25) is 0 Å². The van der Waals surface area contributed by atoms with E-state index in [0.29, 0.717) is 5.88 Å². The third-order valence-electron chi connectivity index (χ3n) is 8.32. The number of thiocarbonyl (C=S) groups is 1. The molecule has 160 valence electrons. The zero-order valence-electron chi connectivity index (χ0n) is 18.1. The van der Waals surface area contributed by atoms with Crippen LogP contribution in [0.5, 0.6) is 0 Å². The first kappa shape index (κ1) is 21.6. The molecule has 3 aliphatic rings. The molecule has 0 radical (unpaired) electrons. The summed E-state index contributed by atoms with van der Waals surface area (Å²) in [6.07, 6.45) is 9.70. The van der Waals surface area contributed by atoms with Gasteiger partial charge in [0.15, 0.2) is 0 Å². The van der Waals surface area contributed by atoms with E-state index in [1.807, 2.05) is 0 Å². The predicted octanol–water partition coefficient (Wildman–Crippen LogP) is 5.91. The molecule has 3 unspecified atom stereocenters. The number of piperidine rings is 1. The molecule has 2 N–H and O–H groups in total. The Morgan fingerprint density at radius 3 is 2.66 bits per heavy atom. The average molecular weight is 433 g/mol. The Balaban J connectivity index is 1.68. The Morgan fingerprint density at radius 2 is 1.97 bits per heavy atom. The lowest BCUT2D eigenvalue weighted by atomic mass is 9.51. The molecular weight excluding hydrogens is 396 g/mol. The zero-order chi connectivity index (χ0) is 20.7. The topological polar surface area (TPSA) is 29.3 Å². The third kappa shape index (κ3) is 4.00. The summed E-state index contributed by atoms with van der Waals surface area (Å²) in [5, 5.41) is 0. The van der Waals surface area contributed by atoms with E-state index in [4.69, 9.17) is 29.6 Å². The van der Waals surface area contributed by atoms with E-state index in [0.717, 1.165) is 38.3 Å². The standard InChI is InChI=1S/C25H37ClN2S/c1-23(2)18-28(14-10-21(23)27)22(29)25(12-13-26)16-19-7-6-11-24(15-19,17-25)20-8-4-3-5-9-20/h3-5,8-9,19,21H,6-7,10-18,27H2,1-2H3/t19?,21-,24?,25?/m0/s1. The fourth-order valence-electron chi connectivity index (χ4n) is 6.77. The molecule has 2 saturated carbocycles. The van der Waals surface area contributed by atoms with Crippen LogP contribution in [0.25, 0.3) is 0 Å². The lowest BCUT2D eigenvalue weighted by Crippen LogP contribution is -2.59. The molecule has 1 heterocycles. The first-order valence-corrected chi connectivity index (χ1v) is 12.4. The first-order valence-electron chi connectivity index (χ1n) is 11.5. The Bertz CT molecular complexity index is 736. The summed E-state index contributed by atoms with van der Waals surface area (Å²) in [5.74, 6) is 1.45. The van der Waals surface area contributed by atoms with Crippen molar-refractivity contribution in [3.05, 3.63) is 35.9 Å². The van der Waals surface area contributed by atoms with E-state index in [1.165, 1.54) is 42.7 Å². The van der Waals surface area contributed by atoms with Gasteiger partial charge in [-0.3, -0.25) is 0 Å². The Kier molecular flexibility index (Phi) is 6.05. The van der Waals surface area contributed by atoms with Crippen LogP contribution in [0.1, 0.15) is 70.8 Å². The molecule has 1 aliphatic heterocycles. The summed E-state index contributed by atoms with van der Waals surface area (Å²) in [6, 6.07) is 11.5. The van der Waals surface area contributed by atoms with Gasteiger partial charge < -0.3 is 10.6 Å². The Hall–Kier alpha value is -0.640. The van der Waals surface area contributed by atoms with Crippen molar-refractivity contribution in [3.8, 4) is 0 Å². The second-order valence-corrected chi connectivity index (χ2v) is 11.6. The molecule has 1 saturated heterocycles. The maximum absolute atomic E-state index is 6.44. The lowest BCUT2D eigenvalue weighted by Gasteiger charge is -2.57. The normalized spacial score (nSPS) is 36.6. The molecule has 4 rings (SSSR count). The predicted molar refractivity (Wildman–Crippen MR) is 128 cm³/mol. The molecule has 4 atom stereocenters. The zero-order valence-corrected chi connectivity index (χ0v) is 19.7. The van der Waals surface area contributed by atoms with Crippen molar-refractivity contribution >= 4 is 28.8 Å². The fraction of sp³-hybridized carbons (Fsp3) is 0.720. The maximum Gasteiger partial charge on any atom is 0.0843 e. The Morgan fingerprint density at radius 1 is 1.21 bits per heavy atom. The summed E-state index contributed by atoms with van der Waals surface area (Å²) >= 11 is 12.8. The smallest absolute Gasteiger partial charge is 0.0843 e. The van der Waals surface area contributed by atoms with Gasteiger partial charge >= 0.3 is 0 Å². The monoisotopic (exact) mass is 432 g/mol. The highest BCUT2D eigenvalue weighted by Gasteiger charge is 2.53. The maximum atomic E-state index is 6.44. The van der Waals surface area contributed by atoms with E-state index in [1.54, 1.807) is 0 Å². The SMILES string of the molecule is CC1(C)CN(C(=S)C2(CCCl)CC3CCCC(c4ccccc4)(C3)C2)CC[C@@H]1N. The number of hydrogen-bond donors (Lipinski definition) is 1. The minimum atomic E-state index is 0.0494. The van der Waals surface area contributed by atoms with Gasteiger partial charge in [-0.15, -0.1) is 11.6 Å². The minimum Gasteiger partial charge on any atom is -0.365 e. The van der Waals surface area contributed by atoms with Gasteiger partial charge in [-0.25, -0.2) is 0 Å². The summed E-state index contributed by atoms with van der Waals surface area (Å²) in [7, 11) is 0. The number of benzene rings is 1. The van der Waals surface area contributed by atoms with Crippen molar-refractivity contribution in [1.29, 1.82) is 0 Å². The summed E-state index contributed by atoms with van der Waals surface area (Å²) < 4.78 is 0. The minimum absolute atomic E-state index is 0.0494. The van der Waals surface area contributed by atoms with Crippen LogP contribution in [-0.4, -0.2) is 34.9 Å². The number of rotatable bonds is 4. The van der Waals surface area contributed by atoms with Gasteiger partial charge in [0.05, 0.1) is 4.99 Å². The first-order chi connectivity index (χ1) is 13.8. The number of alkyl halides is 1. The molecule has 2 aliphatic carbocycles. The highest BCUT2D eigenvalue weighted by molar-refractivity contribution is 7.80. The van der Waals surface area contributed by atoms with Gasteiger partial charge in [-0.1, -0.05) is 69.2 Å². The highest BCUT2D eigenvalue weighted by atomic mass is 35.5. The Labute approximate surface area is 187 Å². The molecule has 29 heavy (non-hydrogen) atoms. The second-order valence-electron chi connectivity index (χ2n) is 10.8. The number of nitrogens with zero attached hydrogens (tertiary/aromatic N) is 1. The second kappa shape index (κ2) is 8.13. The van der Waals surface area contributed by atoms with Gasteiger partial charge in [0.1, 0.15) is 0 Å². The van der Waals surface area contributed by atoms with E-state index < -0.39 is 0 Å². The molecule has 2 bridgehead atoms. The van der Waals surface area contributed by atoms with Crippen LogP contribution < -0.4 is 5.73 Å². The van der Waals surface area contributed by atoms with E-state index in [9.17, 15) is 0 Å². The van der Waals surface area contributed by atoms with Crippen molar-refractivity contribution in [2.24, 2.45) is 22.5 Å². The molecule has 0 amide bonds. The van der Waals surface area contributed by atoms with E-state index in [-0.39, 0.29) is 22.3 Å². The van der Waals surface area contributed by atoms with E-state index in [2.05, 4.69) is 49.1 Å². The van der Waals surface area contributed by atoms with Crippen molar-refractivity contribution in [3.63, 3.8) is 0 Å². The molecular formula is C25H37ClN2S. The van der Waals surface area contributed by atoms with Crippen LogP contribution in [0.4, 0.5) is 0 Å². The number of likely N-dealkylation sites (tertiary alicyclic amines) is 1. The highest BCUT2D eigenvalue weighted by Crippen LogP contribution is 2.59. The summed E-state index contributed by atoms with van der Waals surface area (Å²) in [5.41, 5.74) is 8.36. The average Bonchev–Trinajstić information content (AvgIpc) is 2.70. The van der Waals surface area contributed by atoms with Crippen molar-refractivity contribution < 1.29 is 0 Å². The van der Waals surface area contributed by atoms with E-state index >= 15 is 0 Å². The molecule has 0 aromatic heterocycles. The van der Waals surface area contributed by atoms with Crippen molar-refractivity contribution in [1.82, 2.24) is 4.90 Å². The molecule has 4 heteroatoms. The number of hydrogen-bond acceptors (Lipinski definition) is 2. The molecule has 1 aromatic rings. The number of fused-ring (bicyclic) bond motifs is 2. The van der Waals surface area contributed by atoms with Crippen LogP contribution in [0.2, 0.25) is 0 Å². The fourth-order valence-corrected chi connectivity index (χ4v) is 7.55. The molecule has 3 fully saturated rings. The van der Waals surface area contributed by atoms with Crippen LogP contribution in [0.15, 0.2) is 30.3 Å². The largest absolute Gasteiger partial charge is 0.365 e. The number of nitrogens with two attached hydrogens (primary N) is 1. The molecule has 1 aromatic carbocycles. The van der Waals surface area contributed by atoms with Gasteiger partial charge in [0, 0.05) is 30.4 Å². The molecule has 2 nitrogen and oxygen atoms in total. The lowest BCUT2D eigenvalue weighted by molar-refractivity contribution is 0.0569. The number of halogens is 1. The van der Waals surface area contributed by atoms with Gasteiger partial charge in [-0.2, -0.15) is 0 Å². The van der Waals surface area contributed by atoms with Crippen LogP contribution >= 0.6 is 23.8 Å². The summed E-state index contributed by atoms with van der Waals surface area (Å²) in [6.45, 7) is 6.56. The van der Waals surface area contributed by atoms with Crippen molar-refractivity contribution in [2.75, 3.05) is 19.0 Å². The van der Waals surface area contributed by atoms with Crippen LogP contribution in [0, 0.1) is 16.7 Å². The third-order valence-corrected chi connectivity index (χ3v) is 9.20. The van der Waals surface area contributed by atoms with Crippen LogP contribution in [0.3, 0.4) is 0 Å². The quantitative estimate of drug-likeness (QED) is 0.473. The molecule has 0 spiro atoms. The summed E-state index contributed by atoms with van der Waals surface area (Å²) in [4.78, 5) is 3.69. The van der Waals surface area contributed by atoms with Crippen LogP contribution in [-0.2, 0) is 5.41 Å². The van der Waals surface area contributed by atoms with Gasteiger partial charge in [-0.05, 0) is 60.8 Å². The van der Waals surface area contributed by atoms with Crippen molar-refractivity contribution in [2.45, 2.75) is 76.7 Å². The van der Waals surface area contributed by atoms with Gasteiger partial charge in [0.25, 0.3) is 0 Å².